The highest BCUT2D eigenvalue weighted by atomic mass is 32.2. The normalized spacial score (nSPS) is 14.7. The smallest absolute Gasteiger partial charge is 0.264 e. The summed E-state index contributed by atoms with van der Waals surface area (Å²) in [6.45, 7) is 7.69. The van der Waals surface area contributed by atoms with E-state index >= 15 is 0 Å². The zero-order valence-electron chi connectivity index (χ0n) is 18.5. The third-order valence-electron chi connectivity index (χ3n) is 5.64. The number of benzene rings is 2. The van der Waals surface area contributed by atoms with Gasteiger partial charge in [0.25, 0.3) is 10.0 Å². The second kappa shape index (κ2) is 10.8. The van der Waals surface area contributed by atoms with Gasteiger partial charge in [-0.1, -0.05) is 44.2 Å². The Morgan fingerprint density at radius 3 is 2.29 bits per heavy atom. The van der Waals surface area contributed by atoms with Gasteiger partial charge in [0.15, 0.2) is 0 Å². The molecule has 1 aliphatic rings. The Labute approximate surface area is 186 Å². The Morgan fingerprint density at radius 2 is 1.68 bits per heavy atom. The Balaban J connectivity index is 1.71. The summed E-state index contributed by atoms with van der Waals surface area (Å²) in [5.74, 6) is 0.0426. The van der Waals surface area contributed by atoms with E-state index in [2.05, 4.69) is 24.1 Å². The maximum Gasteiger partial charge on any atom is 0.264 e. The molecular weight excluding hydrogens is 410 g/mol. The molecule has 1 N–H and O–H groups in total. The van der Waals surface area contributed by atoms with Crippen molar-refractivity contribution >= 4 is 21.6 Å². The number of amides is 1. The number of carbonyl (C=O) groups excluding carboxylic acids is 1. The van der Waals surface area contributed by atoms with E-state index in [4.69, 9.17) is 0 Å². The highest BCUT2D eigenvalue weighted by molar-refractivity contribution is 7.92. The topological polar surface area (TPSA) is 69.7 Å². The first-order valence-electron chi connectivity index (χ1n) is 11.0. The fourth-order valence-corrected chi connectivity index (χ4v) is 5.23. The molecule has 7 heteroatoms. The van der Waals surface area contributed by atoms with Gasteiger partial charge in [-0.2, -0.15) is 0 Å². The lowest BCUT2D eigenvalue weighted by Crippen LogP contribution is -2.41. The van der Waals surface area contributed by atoms with Gasteiger partial charge in [-0.25, -0.2) is 8.42 Å². The van der Waals surface area contributed by atoms with Crippen molar-refractivity contribution in [2.24, 2.45) is 0 Å². The first-order chi connectivity index (χ1) is 14.9. The van der Waals surface area contributed by atoms with E-state index in [-0.39, 0.29) is 17.3 Å². The van der Waals surface area contributed by atoms with Crippen LogP contribution in [0.25, 0.3) is 0 Å². The third-order valence-corrected chi connectivity index (χ3v) is 7.43. The number of anilines is 1. The molecule has 31 heavy (non-hydrogen) atoms. The van der Waals surface area contributed by atoms with Gasteiger partial charge in [0, 0.05) is 6.54 Å². The zero-order valence-corrected chi connectivity index (χ0v) is 19.3. The van der Waals surface area contributed by atoms with Crippen LogP contribution in [0.1, 0.15) is 44.6 Å². The van der Waals surface area contributed by atoms with Crippen LogP contribution in [0.5, 0.6) is 0 Å². The molecule has 1 saturated heterocycles. The average molecular weight is 444 g/mol. The lowest BCUT2D eigenvalue weighted by Gasteiger charge is -2.24. The quantitative estimate of drug-likeness (QED) is 0.570. The van der Waals surface area contributed by atoms with E-state index in [0.29, 0.717) is 18.2 Å². The molecule has 1 heterocycles. The van der Waals surface area contributed by atoms with Crippen molar-refractivity contribution in [3.05, 3.63) is 60.2 Å². The molecule has 1 fully saturated rings. The molecule has 0 unspecified atom stereocenters. The van der Waals surface area contributed by atoms with Crippen molar-refractivity contribution in [3.8, 4) is 0 Å². The fourth-order valence-electron chi connectivity index (χ4n) is 3.78. The summed E-state index contributed by atoms with van der Waals surface area (Å²) in [6, 6.07) is 15.6. The summed E-state index contributed by atoms with van der Waals surface area (Å²) in [6.07, 6.45) is 3.35. The van der Waals surface area contributed by atoms with Crippen LogP contribution in [0.3, 0.4) is 0 Å². The highest BCUT2D eigenvalue weighted by Crippen LogP contribution is 2.25. The van der Waals surface area contributed by atoms with E-state index in [9.17, 15) is 13.2 Å². The Hall–Kier alpha value is -2.38. The van der Waals surface area contributed by atoms with Crippen molar-refractivity contribution in [1.82, 2.24) is 10.2 Å². The standard InChI is InChI=1S/C24H33N3O3S/c1-20(2)21-11-13-22(14-12-21)27(31(29,30)23-9-4-3-5-10-23)19-24(28)25-15-8-18-26-16-6-7-17-26/h3-5,9-14,20H,6-8,15-19H2,1-2H3,(H,25,28). The molecule has 2 aromatic rings. The van der Waals surface area contributed by atoms with Crippen LogP contribution in [-0.4, -0.2) is 51.9 Å². The monoisotopic (exact) mass is 443 g/mol. The van der Waals surface area contributed by atoms with E-state index in [1.807, 2.05) is 12.1 Å². The molecule has 0 radical (unpaired) electrons. The van der Waals surface area contributed by atoms with Gasteiger partial charge in [-0.15, -0.1) is 0 Å². The van der Waals surface area contributed by atoms with Crippen LogP contribution >= 0.6 is 0 Å². The number of nitrogens with zero attached hydrogens (tertiary/aromatic N) is 2. The van der Waals surface area contributed by atoms with Crippen molar-refractivity contribution in [1.29, 1.82) is 0 Å². The first kappa shape index (κ1) is 23.3. The number of sulfonamides is 1. The van der Waals surface area contributed by atoms with Crippen molar-refractivity contribution < 1.29 is 13.2 Å². The maximum atomic E-state index is 13.3. The fraction of sp³-hybridized carbons (Fsp3) is 0.458. The summed E-state index contributed by atoms with van der Waals surface area (Å²) in [5, 5.41) is 2.89. The van der Waals surface area contributed by atoms with Crippen LogP contribution < -0.4 is 9.62 Å². The Kier molecular flexibility index (Phi) is 8.09. The predicted molar refractivity (Wildman–Crippen MR) is 125 cm³/mol. The first-order valence-corrected chi connectivity index (χ1v) is 12.5. The molecule has 0 atom stereocenters. The van der Waals surface area contributed by atoms with Gasteiger partial charge in [0.1, 0.15) is 6.54 Å². The minimum Gasteiger partial charge on any atom is -0.354 e. The zero-order chi connectivity index (χ0) is 22.3. The summed E-state index contributed by atoms with van der Waals surface area (Å²) < 4.78 is 27.9. The summed E-state index contributed by atoms with van der Waals surface area (Å²) >= 11 is 0. The highest BCUT2D eigenvalue weighted by Gasteiger charge is 2.27. The molecule has 0 bridgehead atoms. The van der Waals surface area contributed by atoms with Crippen LogP contribution in [0.15, 0.2) is 59.5 Å². The second-order valence-electron chi connectivity index (χ2n) is 8.32. The summed E-state index contributed by atoms with van der Waals surface area (Å²) in [7, 11) is -3.86. The van der Waals surface area contributed by atoms with Gasteiger partial charge in [-0.05, 0) is 74.6 Å². The van der Waals surface area contributed by atoms with E-state index < -0.39 is 10.0 Å². The Bertz CT molecular complexity index is 938. The maximum absolute atomic E-state index is 13.3. The van der Waals surface area contributed by atoms with Gasteiger partial charge < -0.3 is 10.2 Å². The van der Waals surface area contributed by atoms with Gasteiger partial charge in [-0.3, -0.25) is 9.10 Å². The van der Waals surface area contributed by atoms with Gasteiger partial charge in [0.2, 0.25) is 5.91 Å². The number of hydrogen-bond donors (Lipinski definition) is 1. The molecule has 2 aromatic carbocycles. The lowest BCUT2D eigenvalue weighted by atomic mass is 10.0. The summed E-state index contributed by atoms with van der Waals surface area (Å²) in [5.41, 5.74) is 1.60. The SMILES string of the molecule is CC(C)c1ccc(N(CC(=O)NCCCN2CCCC2)S(=O)(=O)c2ccccc2)cc1. The van der Waals surface area contributed by atoms with Crippen LogP contribution in [0.4, 0.5) is 5.69 Å². The van der Waals surface area contributed by atoms with Crippen LogP contribution in [0.2, 0.25) is 0 Å². The molecule has 168 valence electrons. The minimum atomic E-state index is -3.86. The largest absolute Gasteiger partial charge is 0.354 e. The number of rotatable bonds is 10. The number of hydrogen-bond acceptors (Lipinski definition) is 4. The Morgan fingerprint density at radius 1 is 1.03 bits per heavy atom. The molecule has 3 rings (SSSR count). The van der Waals surface area contributed by atoms with Crippen molar-refractivity contribution in [2.45, 2.75) is 43.9 Å². The minimum absolute atomic E-state index is 0.171. The van der Waals surface area contributed by atoms with Crippen LogP contribution in [-0.2, 0) is 14.8 Å². The molecule has 6 nitrogen and oxygen atoms in total. The molecule has 1 amide bonds. The number of nitrogens with one attached hydrogen (secondary N) is 1. The van der Waals surface area contributed by atoms with E-state index in [0.717, 1.165) is 31.6 Å². The molecule has 0 aliphatic carbocycles. The lowest BCUT2D eigenvalue weighted by molar-refractivity contribution is -0.119. The molecule has 0 aromatic heterocycles. The molecular formula is C24H33N3O3S. The van der Waals surface area contributed by atoms with E-state index in [1.54, 1.807) is 42.5 Å². The van der Waals surface area contributed by atoms with Crippen molar-refractivity contribution in [3.63, 3.8) is 0 Å². The molecule has 0 saturated carbocycles. The van der Waals surface area contributed by atoms with Gasteiger partial charge in [0.05, 0.1) is 10.6 Å². The summed E-state index contributed by atoms with van der Waals surface area (Å²) in [4.78, 5) is 15.2. The van der Waals surface area contributed by atoms with Crippen molar-refractivity contribution in [2.75, 3.05) is 37.0 Å². The van der Waals surface area contributed by atoms with Gasteiger partial charge >= 0.3 is 0 Å². The number of likely N-dealkylation sites (tertiary alicyclic amines) is 1. The number of carbonyl (C=O) groups is 1. The average Bonchev–Trinajstić information content (AvgIpc) is 3.29. The van der Waals surface area contributed by atoms with E-state index in [1.165, 1.54) is 17.1 Å². The van der Waals surface area contributed by atoms with Crippen LogP contribution in [0, 0.1) is 0 Å². The molecule has 1 aliphatic heterocycles. The predicted octanol–water partition coefficient (Wildman–Crippen LogP) is 3.61. The third kappa shape index (κ3) is 6.31. The molecule has 0 spiro atoms. The second-order valence-corrected chi connectivity index (χ2v) is 10.2.